The van der Waals surface area contributed by atoms with Gasteiger partial charge in [0.2, 0.25) is 0 Å². The molecule has 4 rings (SSSR count). The molecule has 38 heavy (non-hydrogen) atoms. The van der Waals surface area contributed by atoms with E-state index in [1.165, 1.54) is 4.57 Å². The Morgan fingerprint density at radius 1 is 1.00 bits per heavy atom. The first-order chi connectivity index (χ1) is 18.3. The molecule has 0 spiro atoms. The van der Waals surface area contributed by atoms with Gasteiger partial charge in [-0.05, 0) is 57.3 Å². The Bertz CT molecular complexity index is 1500. The zero-order chi connectivity index (χ0) is 27.2. The summed E-state index contributed by atoms with van der Waals surface area (Å²) in [5, 5.41) is 0. The predicted octanol–water partition coefficient (Wildman–Crippen LogP) is 3.37. The smallest absolute Gasteiger partial charge is 0.331 e. The first kappa shape index (κ1) is 27.0. The van der Waals surface area contributed by atoms with E-state index in [-0.39, 0.29) is 17.2 Å². The van der Waals surface area contributed by atoms with Gasteiger partial charge < -0.3 is 9.88 Å². The van der Waals surface area contributed by atoms with Gasteiger partial charge in [-0.15, -0.1) is 0 Å². The van der Waals surface area contributed by atoms with E-state index in [1.807, 2.05) is 45.0 Å². The van der Waals surface area contributed by atoms with Crippen molar-refractivity contribution >= 4 is 22.8 Å². The van der Waals surface area contributed by atoms with E-state index >= 15 is 0 Å². The van der Waals surface area contributed by atoms with Gasteiger partial charge in [0.05, 0.1) is 11.1 Å². The molecule has 0 radical (unpaired) electrons. The lowest BCUT2D eigenvalue weighted by atomic mass is 10.2. The number of aromatic nitrogens is 5. The number of aromatic amines is 1. The molecule has 4 aromatic rings. The number of rotatable bonds is 11. The zero-order valence-electron chi connectivity index (χ0n) is 22.5. The molecule has 10 heteroatoms. The molecular weight excluding hydrogens is 482 g/mol. The van der Waals surface area contributed by atoms with Crippen LogP contribution in [0.1, 0.15) is 43.5 Å². The van der Waals surface area contributed by atoms with E-state index in [0.29, 0.717) is 54.3 Å². The minimum Gasteiger partial charge on any atom is -0.349 e. The number of likely N-dealkylation sites (N-methyl/N-ethyl adjacent to an activating group) is 1. The van der Waals surface area contributed by atoms with E-state index < -0.39 is 0 Å². The molecule has 0 aromatic carbocycles. The molecule has 0 atom stereocenters. The molecule has 1 N–H and O–H groups in total. The predicted molar refractivity (Wildman–Crippen MR) is 150 cm³/mol. The fourth-order valence-corrected chi connectivity index (χ4v) is 4.37. The van der Waals surface area contributed by atoms with Crippen LogP contribution in [0.15, 0.2) is 58.5 Å². The average molecular weight is 518 g/mol. The van der Waals surface area contributed by atoms with Gasteiger partial charge in [0.1, 0.15) is 11.3 Å². The molecule has 0 saturated carbocycles. The van der Waals surface area contributed by atoms with Crippen LogP contribution >= 0.6 is 0 Å². The quantitative estimate of drug-likeness (QED) is 0.327. The Kier molecular flexibility index (Phi) is 8.52. The third-order valence-corrected chi connectivity index (χ3v) is 6.45. The summed E-state index contributed by atoms with van der Waals surface area (Å²) in [4.78, 5) is 55.1. The minimum absolute atomic E-state index is 0.179. The van der Waals surface area contributed by atoms with Gasteiger partial charge >= 0.3 is 5.69 Å². The second-order valence-electron chi connectivity index (χ2n) is 9.59. The fraction of sp³-hybridized carbons (Fsp3) is 0.393. The summed E-state index contributed by atoms with van der Waals surface area (Å²) < 4.78 is 3.00. The van der Waals surface area contributed by atoms with Gasteiger partial charge in [0.15, 0.2) is 0 Å². The SMILES string of the molecule is CCCCn1c(=O)c2[nH]c(-c3ccc(N(CCN(C)C)C(=O)c4cccnc4)nc3)cc2n(CCC)c1=O. The van der Waals surface area contributed by atoms with Crippen molar-refractivity contribution in [1.29, 1.82) is 0 Å². The number of hydrogen-bond donors (Lipinski definition) is 1. The van der Waals surface area contributed by atoms with Crippen LogP contribution in [0.25, 0.3) is 22.3 Å². The number of carbonyl (C=O) groups excluding carboxylic acids is 1. The highest BCUT2D eigenvalue weighted by Crippen LogP contribution is 2.24. The van der Waals surface area contributed by atoms with Crippen LogP contribution in [0, 0.1) is 0 Å². The molecule has 200 valence electrons. The number of nitrogens with zero attached hydrogens (tertiary/aromatic N) is 6. The lowest BCUT2D eigenvalue weighted by molar-refractivity contribution is 0.0984. The van der Waals surface area contributed by atoms with Gasteiger partial charge in [-0.25, -0.2) is 9.78 Å². The third-order valence-electron chi connectivity index (χ3n) is 6.45. The summed E-state index contributed by atoms with van der Waals surface area (Å²) in [6.07, 6.45) is 7.27. The summed E-state index contributed by atoms with van der Waals surface area (Å²) in [5.41, 5.74) is 2.34. The summed E-state index contributed by atoms with van der Waals surface area (Å²) in [6.45, 7) is 6.07. The van der Waals surface area contributed by atoms with Crippen LogP contribution in [0.4, 0.5) is 5.82 Å². The second-order valence-corrected chi connectivity index (χ2v) is 9.59. The number of carbonyl (C=O) groups is 1. The molecule has 1 amide bonds. The summed E-state index contributed by atoms with van der Waals surface area (Å²) >= 11 is 0. The van der Waals surface area contributed by atoms with Crippen molar-refractivity contribution in [3.05, 3.63) is 75.3 Å². The molecule has 0 saturated heterocycles. The molecule has 0 aliphatic rings. The number of nitrogens with one attached hydrogen (secondary N) is 1. The molecular formula is C28H35N7O3. The summed E-state index contributed by atoms with van der Waals surface area (Å²) in [6, 6.07) is 8.96. The van der Waals surface area contributed by atoms with Crippen molar-refractivity contribution in [3.8, 4) is 11.3 Å². The van der Waals surface area contributed by atoms with Crippen LogP contribution in [0.2, 0.25) is 0 Å². The normalized spacial score (nSPS) is 11.4. The standard InChI is InChI=1S/C28H35N7O3/c1-5-7-14-35-27(37)25-23(33(13-6-2)28(35)38)17-22(31-25)20-10-11-24(30-19-20)34(16-15-32(3)4)26(36)21-9-8-12-29-18-21/h8-12,17-19,31H,5-7,13-16H2,1-4H3. The lowest BCUT2D eigenvalue weighted by Gasteiger charge is -2.23. The van der Waals surface area contributed by atoms with Gasteiger partial charge in [0, 0.05) is 56.0 Å². The van der Waals surface area contributed by atoms with Crippen LogP contribution in [-0.2, 0) is 13.1 Å². The van der Waals surface area contributed by atoms with Crippen molar-refractivity contribution < 1.29 is 4.79 Å². The van der Waals surface area contributed by atoms with Crippen molar-refractivity contribution in [3.63, 3.8) is 0 Å². The van der Waals surface area contributed by atoms with Crippen molar-refractivity contribution in [2.24, 2.45) is 0 Å². The van der Waals surface area contributed by atoms with Crippen LogP contribution in [0.5, 0.6) is 0 Å². The maximum atomic E-state index is 13.3. The molecule has 0 aliphatic heterocycles. The monoisotopic (exact) mass is 517 g/mol. The Morgan fingerprint density at radius 3 is 2.45 bits per heavy atom. The van der Waals surface area contributed by atoms with Gasteiger partial charge in [-0.2, -0.15) is 0 Å². The average Bonchev–Trinajstić information content (AvgIpc) is 3.37. The Labute approximate surface area is 221 Å². The number of unbranched alkanes of at least 4 members (excludes halogenated alkanes) is 1. The largest absolute Gasteiger partial charge is 0.349 e. The van der Waals surface area contributed by atoms with Crippen LogP contribution in [0.3, 0.4) is 0 Å². The van der Waals surface area contributed by atoms with Crippen molar-refractivity contribution in [2.75, 3.05) is 32.1 Å². The van der Waals surface area contributed by atoms with Gasteiger partial charge in [-0.3, -0.25) is 28.6 Å². The molecule has 4 aromatic heterocycles. The number of aryl methyl sites for hydroxylation is 1. The topological polar surface area (TPSA) is 109 Å². The van der Waals surface area contributed by atoms with E-state index in [0.717, 1.165) is 24.8 Å². The highest BCUT2D eigenvalue weighted by Gasteiger charge is 2.20. The molecule has 0 aliphatic carbocycles. The van der Waals surface area contributed by atoms with Crippen LogP contribution in [-0.4, -0.2) is 62.1 Å². The van der Waals surface area contributed by atoms with E-state index in [4.69, 9.17) is 0 Å². The maximum absolute atomic E-state index is 13.3. The summed E-state index contributed by atoms with van der Waals surface area (Å²) in [5.74, 6) is 0.340. The van der Waals surface area contributed by atoms with E-state index in [2.05, 4.69) is 15.0 Å². The third kappa shape index (κ3) is 5.60. The number of amides is 1. The van der Waals surface area contributed by atoms with E-state index in [9.17, 15) is 14.4 Å². The highest BCUT2D eigenvalue weighted by atomic mass is 16.2. The second kappa shape index (κ2) is 12.0. The molecule has 0 fully saturated rings. The zero-order valence-corrected chi connectivity index (χ0v) is 22.5. The maximum Gasteiger partial charge on any atom is 0.331 e. The van der Waals surface area contributed by atoms with E-state index in [1.54, 1.807) is 46.3 Å². The number of anilines is 1. The molecule has 4 heterocycles. The Hall–Kier alpha value is -4.05. The van der Waals surface area contributed by atoms with Gasteiger partial charge in [-0.1, -0.05) is 20.3 Å². The fourth-order valence-electron chi connectivity index (χ4n) is 4.37. The number of pyridine rings is 2. The lowest BCUT2D eigenvalue weighted by Crippen LogP contribution is -2.40. The highest BCUT2D eigenvalue weighted by molar-refractivity contribution is 6.05. The van der Waals surface area contributed by atoms with Crippen LogP contribution < -0.4 is 16.1 Å². The Balaban J connectivity index is 1.72. The molecule has 0 unspecified atom stereocenters. The molecule has 0 bridgehead atoms. The first-order valence-electron chi connectivity index (χ1n) is 13.0. The first-order valence-corrected chi connectivity index (χ1v) is 13.0. The Morgan fingerprint density at radius 2 is 1.82 bits per heavy atom. The number of hydrogen-bond acceptors (Lipinski definition) is 6. The van der Waals surface area contributed by atoms with Gasteiger partial charge in [0.25, 0.3) is 11.5 Å². The number of fused-ring (bicyclic) bond motifs is 1. The van der Waals surface area contributed by atoms with Crippen molar-refractivity contribution in [2.45, 2.75) is 46.2 Å². The minimum atomic E-state index is -0.307. The number of H-pyrrole nitrogens is 1. The molecule has 10 nitrogen and oxygen atoms in total. The summed E-state index contributed by atoms with van der Waals surface area (Å²) in [7, 11) is 3.90. The van der Waals surface area contributed by atoms with Crippen molar-refractivity contribution in [1.82, 2.24) is 29.0 Å².